The fraction of sp³-hybridized carbons (Fsp3) is 0. The largest absolute Gasteiger partial charge is 0.309 e. The summed E-state index contributed by atoms with van der Waals surface area (Å²) >= 11 is 0. The zero-order valence-corrected chi connectivity index (χ0v) is 72.9. The van der Waals surface area contributed by atoms with Gasteiger partial charge in [-0.05, 0) is 139 Å². The topological polar surface area (TPSA) is 131 Å². The van der Waals surface area contributed by atoms with Crippen LogP contribution < -0.4 is 0 Å². The Kier molecular flexibility index (Phi) is 19.6. The Morgan fingerprint density at radius 2 is 0.385 bits per heavy atom. The molecule has 0 aliphatic heterocycles. The van der Waals surface area contributed by atoms with Gasteiger partial charge in [-0.3, -0.25) is 0 Å². The number of aromatic nitrogens is 12. The zero-order valence-electron chi connectivity index (χ0n) is 72.9. The predicted octanol–water partition coefficient (Wildman–Crippen LogP) is 30.8. The van der Waals surface area contributed by atoms with E-state index in [0.29, 0.717) is 52.4 Å². The van der Waals surface area contributed by atoms with Crippen molar-refractivity contribution in [1.29, 1.82) is 0 Å². The number of nitrogens with zero attached hydrogens (tertiary/aromatic N) is 12. The van der Waals surface area contributed by atoms with Crippen LogP contribution in [0.1, 0.15) is 0 Å². The van der Waals surface area contributed by atoms with Gasteiger partial charge in [-0.2, -0.15) is 0 Å². The SMILES string of the molecule is c1ccc(-c2nc(-c3cccc4ccccc34)nc(-c3cccc4cc(-n5c6ccccc6c6cc7ccccc7cc65)ccc34)n2)cc1.c1ccc(-c2nc(-c3ccccc3)nc(-c3ccc4c(-n5c6ccccc6c6cc7ccccc7cc65)cccc4c3)n2)cc1.c1ccc(-c2nc(-c3ccccc3)nc(-c3ccc4c(-n5c6ccccc6c6ccccc65)cccc4c3)n2)cc1. The fourth-order valence-corrected chi connectivity index (χ4v) is 19.5. The number of hydrogen-bond donors (Lipinski definition) is 0. The van der Waals surface area contributed by atoms with Gasteiger partial charge in [0.05, 0.1) is 44.5 Å². The predicted molar refractivity (Wildman–Crippen MR) is 556 cm³/mol. The first-order valence-electron chi connectivity index (χ1n) is 45.4. The molecule has 6 aromatic heterocycles. The lowest BCUT2D eigenvalue weighted by Crippen LogP contribution is -2.01. The molecule has 0 aliphatic rings. The van der Waals surface area contributed by atoms with Gasteiger partial charge < -0.3 is 13.7 Å². The molecule has 12 nitrogen and oxygen atoms in total. The summed E-state index contributed by atoms with van der Waals surface area (Å²) in [5.74, 6) is 5.91. The van der Waals surface area contributed by atoms with Gasteiger partial charge in [0.1, 0.15) is 0 Å². The number of rotatable bonds is 12. The Morgan fingerprint density at radius 1 is 0.126 bits per heavy atom. The quantitative estimate of drug-likeness (QED) is 0.117. The smallest absolute Gasteiger partial charge is 0.164 e. The summed E-state index contributed by atoms with van der Waals surface area (Å²) in [6.45, 7) is 0. The van der Waals surface area contributed by atoms with E-state index in [1.807, 2.05) is 140 Å². The van der Waals surface area contributed by atoms with Crippen molar-refractivity contribution < 1.29 is 0 Å². The lowest BCUT2D eigenvalue weighted by molar-refractivity contribution is 1.07. The molecule has 0 N–H and O–H groups in total. The molecule has 0 saturated carbocycles. The molecule has 0 saturated heterocycles. The van der Waals surface area contributed by atoms with Crippen molar-refractivity contribution in [2.45, 2.75) is 0 Å². The van der Waals surface area contributed by atoms with Gasteiger partial charge >= 0.3 is 0 Å². The van der Waals surface area contributed by atoms with Gasteiger partial charge in [0.15, 0.2) is 52.4 Å². The van der Waals surface area contributed by atoms with E-state index in [1.54, 1.807) is 0 Å². The van der Waals surface area contributed by atoms with Crippen LogP contribution >= 0.6 is 0 Å². The molecule has 27 aromatic rings. The third-order valence-corrected chi connectivity index (χ3v) is 25.8. The van der Waals surface area contributed by atoms with Crippen LogP contribution in [0.3, 0.4) is 0 Å². The molecule has 0 fully saturated rings. The minimum atomic E-state index is 0.651. The van der Waals surface area contributed by atoms with E-state index in [9.17, 15) is 0 Å². The van der Waals surface area contributed by atoms with E-state index in [4.69, 9.17) is 44.9 Å². The number of para-hydroxylation sites is 4. The fourth-order valence-electron chi connectivity index (χ4n) is 19.5. The van der Waals surface area contributed by atoms with Crippen LogP contribution in [0.15, 0.2) is 473 Å². The van der Waals surface area contributed by atoms with Crippen LogP contribution in [-0.4, -0.2) is 58.6 Å². The summed E-state index contributed by atoms with van der Waals surface area (Å²) in [4.78, 5) is 44.8. The van der Waals surface area contributed by atoms with E-state index in [0.717, 1.165) is 105 Å². The van der Waals surface area contributed by atoms with E-state index in [-0.39, 0.29) is 0 Å². The van der Waals surface area contributed by atoms with Crippen molar-refractivity contribution in [3.05, 3.63) is 473 Å². The summed E-state index contributed by atoms with van der Waals surface area (Å²) in [5, 5.41) is 21.5. The highest BCUT2D eigenvalue weighted by molar-refractivity contribution is 6.17. The van der Waals surface area contributed by atoms with Crippen LogP contribution in [0.25, 0.3) is 250 Å². The van der Waals surface area contributed by atoms with E-state index in [1.165, 1.54) is 92.3 Å². The summed E-state index contributed by atoms with van der Waals surface area (Å²) in [5.41, 5.74) is 19.2. The molecule has 21 aromatic carbocycles. The monoisotopic (exact) mass is 1720 g/mol. The molecule has 0 spiro atoms. The highest BCUT2D eigenvalue weighted by Gasteiger charge is 2.24. The van der Waals surface area contributed by atoms with Gasteiger partial charge in [-0.25, -0.2) is 44.9 Å². The molecule has 6 heterocycles. The van der Waals surface area contributed by atoms with Gasteiger partial charge in [0.2, 0.25) is 0 Å². The highest BCUT2D eigenvalue weighted by Crippen LogP contribution is 2.43. The summed E-state index contributed by atoms with van der Waals surface area (Å²) < 4.78 is 7.16. The number of benzene rings is 21. The van der Waals surface area contributed by atoms with Gasteiger partial charge in [0, 0.05) is 98.8 Å². The number of hydrogen-bond acceptors (Lipinski definition) is 9. The second-order valence-corrected chi connectivity index (χ2v) is 33.9. The Labute approximate surface area is 776 Å². The van der Waals surface area contributed by atoms with E-state index in [2.05, 4.69) is 347 Å². The van der Waals surface area contributed by atoms with Gasteiger partial charge in [-0.15, -0.1) is 0 Å². The van der Waals surface area contributed by atoms with Gasteiger partial charge in [0.25, 0.3) is 0 Å². The van der Waals surface area contributed by atoms with Crippen molar-refractivity contribution >= 4 is 130 Å². The van der Waals surface area contributed by atoms with Crippen molar-refractivity contribution in [3.8, 4) is 120 Å². The first-order valence-corrected chi connectivity index (χ1v) is 45.4. The molecular weight excluding hydrogens is 1650 g/mol. The molecule has 0 radical (unpaired) electrons. The molecule has 0 aliphatic carbocycles. The molecule has 0 atom stereocenters. The summed E-state index contributed by atoms with van der Waals surface area (Å²) in [7, 11) is 0. The first kappa shape index (κ1) is 78.8. The summed E-state index contributed by atoms with van der Waals surface area (Å²) in [6.07, 6.45) is 0. The Bertz CT molecular complexity index is 9150. The van der Waals surface area contributed by atoms with E-state index < -0.39 is 0 Å². The Balaban J connectivity index is 0.000000108. The van der Waals surface area contributed by atoms with Crippen LogP contribution in [0.4, 0.5) is 0 Å². The maximum absolute atomic E-state index is 5.16. The molecule has 0 bridgehead atoms. The van der Waals surface area contributed by atoms with Gasteiger partial charge in [-0.1, -0.05) is 388 Å². The molecule has 630 valence electrons. The molecular formula is C123H78N12. The molecule has 27 rings (SSSR count). The lowest BCUT2D eigenvalue weighted by Gasteiger charge is -2.13. The Hall–Kier alpha value is -18.4. The molecule has 0 unspecified atom stereocenters. The average molecular weight is 1720 g/mol. The molecule has 12 heteroatoms. The van der Waals surface area contributed by atoms with E-state index >= 15 is 0 Å². The molecule has 135 heavy (non-hydrogen) atoms. The standard InChI is InChI=1S/C45H28N4.C41H26N4.C37H24N4/c1-2-13-30(14-3-1)43-46-44(38-21-10-17-29-12-6-7-19-35(29)38)48-45(47-43)39-22-11-18-33-26-34(24-25-36(33)39)49-41-23-9-8-20-37(41)40-27-31-15-4-5-16-32(31)28-42(40)49;1-3-12-27(13-4-1)39-42-40(28-14-5-2-6-15-28)44-41(43-39)32-22-23-33-31(24-32)18-11-21-36(33)45-37-20-10-9-19-34(37)35-25-29-16-7-8-17-30(29)26-38(35)45;1-3-12-25(13-4-1)35-38-36(26-14-5-2-6-15-26)40-37(39-35)28-22-23-29-27(24-28)16-11-21-32(29)41-33-19-9-7-17-30(33)31-18-8-10-20-34(31)41/h1-28H;1-26H;1-24H. The second-order valence-electron chi connectivity index (χ2n) is 33.9. The second kappa shape index (κ2) is 33.6. The first-order chi connectivity index (χ1) is 66.9. The third kappa shape index (κ3) is 14.4. The van der Waals surface area contributed by atoms with Crippen LogP contribution in [0.5, 0.6) is 0 Å². The van der Waals surface area contributed by atoms with Crippen LogP contribution in [0, 0.1) is 0 Å². The number of fused-ring (bicyclic) bond motifs is 15. The highest BCUT2D eigenvalue weighted by atomic mass is 15.1. The van der Waals surface area contributed by atoms with Crippen molar-refractivity contribution in [2.24, 2.45) is 0 Å². The third-order valence-electron chi connectivity index (χ3n) is 25.8. The minimum absolute atomic E-state index is 0.651. The molecule has 0 amide bonds. The minimum Gasteiger partial charge on any atom is -0.309 e. The van der Waals surface area contributed by atoms with Crippen LogP contribution in [0.2, 0.25) is 0 Å². The summed E-state index contributed by atoms with van der Waals surface area (Å²) in [6, 6.07) is 165. The maximum atomic E-state index is 5.16. The van der Waals surface area contributed by atoms with Crippen molar-refractivity contribution in [2.75, 3.05) is 0 Å². The van der Waals surface area contributed by atoms with Crippen LogP contribution in [-0.2, 0) is 0 Å². The van der Waals surface area contributed by atoms with Crippen molar-refractivity contribution in [1.82, 2.24) is 58.6 Å². The van der Waals surface area contributed by atoms with Crippen molar-refractivity contribution in [3.63, 3.8) is 0 Å². The average Bonchev–Trinajstić information content (AvgIpc) is 1.69. The zero-order chi connectivity index (χ0) is 89.2. The lowest BCUT2D eigenvalue weighted by atomic mass is 10.0. The normalized spacial score (nSPS) is 11.6. The Morgan fingerprint density at radius 3 is 0.785 bits per heavy atom. The maximum Gasteiger partial charge on any atom is 0.164 e.